The van der Waals surface area contributed by atoms with E-state index in [4.69, 9.17) is 0 Å². The molecule has 0 aliphatic heterocycles. The smallest absolute Gasteiger partial charge is 0.0154 e. The highest BCUT2D eigenvalue weighted by Gasteiger charge is 2.17. The van der Waals surface area contributed by atoms with Crippen molar-refractivity contribution >= 4 is 55.8 Å². The predicted molar refractivity (Wildman–Crippen MR) is 161 cm³/mol. The van der Waals surface area contributed by atoms with Crippen LogP contribution < -0.4 is 0 Å². The summed E-state index contributed by atoms with van der Waals surface area (Å²) in [6.07, 6.45) is 2.18. The molecule has 0 saturated heterocycles. The molecule has 178 valence electrons. The minimum absolute atomic E-state index is 1.09. The zero-order valence-corrected chi connectivity index (χ0v) is 22.5. The van der Waals surface area contributed by atoms with Crippen LogP contribution in [0.4, 0.5) is 0 Å². The molecule has 0 fully saturated rings. The highest BCUT2D eigenvalue weighted by molar-refractivity contribution is 7.99. The van der Waals surface area contributed by atoms with Gasteiger partial charge in [-0.1, -0.05) is 84.9 Å². The summed E-state index contributed by atoms with van der Waals surface area (Å²) in [5, 5.41) is 8.47. The second kappa shape index (κ2) is 10.2. The zero-order chi connectivity index (χ0) is 24.5. The number of hydrogen-bond donors (Lipinski definition) is 0. The molecule has 6 aromatic carbocycles. The van der Waals surface area contributed by atoms with Gasteiger partial charge >= 0.3 is 0 Å². The summed E-state index contributed by atoms with van der Waals surface area (Å²) in [5.41, 5.74) is 5.57. The Hall–Kier alpha value is -2.94. The standard InChI is InChI=1S/C34H30S2/c1-23-21-31(35-19-17-25-9-5-3-6-10-25)29-15-16-30-32(36-20-18-26-11-7-4-8-12-26)22-24(2)28-14-13-27(23)33(29)34(28)30/h3-16,21-22H,17-20H2,1-2H3. The number of rotatable bonds is 8. The lowest BCUT2D eigenvalue weighted by molar-refractivity contribution is 1.15. The Balaban J connectivity index is 1.38. The van der Waals surface area contributed by atoms with Crippen molar-refractivity contribution in [3.05, 3.63) is 119 Å². The summed E-state index contributed by atoms with van der Waals surface area (Å²) in [6.45, 7) is 4.55. The van der Waals surface area contributed by atoms with Crippen LogP contribution in [0.25, 0.3) is 32.3 Å². The fraction of sp³-hybridized carbons (Fsp3) is 0.176. The van der Waals surface area contributed by atoms with Crippen LogP contribution in [-0.4, -0.2) is 11.5 Å². The zero-order valence-electron chi connectivity index (χ0n) is 20.9. The first-order valence-corrected chi connectivity index (χ1v) is 14.7. The van der Waals surface area contributed by atoms with Gasteiger partial charge in [0.1, 0.15) is 0 Å². The van der Waals surface area contributed by atoms with E-state index in [-0.39, 0.29) is 0 Å². The molecule has 0 unspecified atom stereocenters. The third-order valence-electron chi connectivity index (χ3n) is 7.22. The average molecular weight is 503 g/mol. The second-order valence-electron chi connectivity index (χ2n) is 9.62. The van der Waals surface area contributed by atoms with Gasteiger partial charge < -0.3 is 0 Å². The summed E-state index contributed by atoms with van der Waals surface area (Å²) in [7, 11) is 0. The fourth-order valence-electron chi connectivity index (χ4n) is 5.35. The Kier molecular flexibility index (Phi) is 6.65. The van der Waals surface area contributed by atoms with E-state index >= 15 is 0 Å². The number of aryl methyl sites for hydroxylation is 4. The molecule has 0 aliphatic rings. The van der Waals surface area contributed by atoms with Crippen LogP contribution in [0.5, 0.6) is 0 Å². The van der Waals surface area contributed by atoms with Gasteiger partial charge in [-0.15, -0.1) is 23.5 Å². The normalized spacial score (nSPS) is 11.7. The van der Waals surface area contributed by atoms with Crippen LogP contribution in [0.3, 0.4) is 0 Å². The SMILES string of the molecule is Cc1cc(SCCc2ccccc2)c2ccc3c(SCCc4ccccc4)cc(C)c4ccc1c2c43. The van der Waals surface area contributed by atoms with Crippen LogP contribution in [0, 0.1) is 13.8 Å². The number of hydrogen-bond acceptors (Lipinski definition) is 2. The third-order valence-corrected chi connectivity index (χ3v) is 9.33. The van der Waals surface area contributed by atoms with E-state index in [1.807, 2.05) is 23.5 Å². The van der Waals surface area contributed by atoms with Crippen LogP contribution in [0.15, 0.2) is 107 Å². The maximum atomic E-state index is 2.40. The first kappa shape index (κ1) is 23.5. The van der Waals surface area contributed by atoms with Crippen LogP contribution in [-0.2, 0) is 12.8 Å². The minimum Gasteiger partial charge on any atom is -0.125 e. The highest BCUT2D eigenvalue weighted by Crippen LogP contribution is 2.44. The first-order valence-electron chi connectivity index (χ1n) is 12.7. The summed E-state index contributed by atoms with van der Waals surface area (Å²) in [5.74, 6) is 2.18. The summed E-state index contributed by atoms with van der Waals surface area (Å²) >= 11 is 3.99. The Morgan fingerprint density at radius 2 is 0.861 bits per heavy atom. The molecule has 0 amide bonds. The van der Waals surface area contributed by atoms with E-state index in [1.165, 1.54) is 64.4 Å². The molecule has 0 N–H and O–H groups in total. The quantitative estimate of drug-likeness (QED) is 0.150. The maximum absolute atomic E-state index is 2.40. The second-order valence-corrected chi connectivity index (χ2v) is 11.9. The van der Waals surface area contributed by atoms with E-state index < -0.39 is 0 Å². The van der Waals surface area contributed by atoms with Crippen molar-refractivity contribution in [3.63, 3.8) is 0 Å². The molecule has 0 bridgehead atoms. The van der Waals surface area contributed by atoms with Crippen molar-refractivity contribution in [1.29, 1.82) is 0 Å². The van der Waals surface area contributed by atoms with E-state index in [9.17, 15) is 0 Å². The molecule has 6 aromatic rings. The van der Waals surface area contributed by atoms with E-state index in [1.54, 1.807) is 0 Å². The molecule has 0 aliphatic carbocycles. The molecule has 0 heterocycles. The van der Waals surface area contributed by atoms with Crippen molar-refractivity contribution in [2.45, 2.75) is 36.5 Å². The summed E-state index contributed by atoms with van der Waals surface area (Å²) < 4.78 is 0. The van der Waals surface area contributed by atoms with Gasteiger partial charge in [-0.2, -0.15) is 0 Å². The predicted octanol–water partition coefficient (Wildman–Crippen LogP) is 9.87. The lowest BCUT2D eigenvalue weighted by atomic mass is 9.90. The number of benzene rings is 6. The van der Waals surface area contributed by atoms with E-state index in [2.05, 4.69) is 111 Å². The molecular formula is C34H30S2. The van der Waals surface area contributed by atoms with E-state index in [0.29, 0.717) is 0 Å². The number of thioether (sulfide) groups is 2. The molecule has 0 radical (unpaired) electrons. The first-order chi connectivity index (χ1) is 17.7. The van der Waals surface area contributed by atoms with Gasteiger partial charge in [0.15, 0.2) is 0 Å². The molecule has 0 nitrogen and oxygen atoms in total. The Labute approximate surface area is 222 Å². The molecule has 36 heavy (non-hydrogen) atoms. The van der Waals surface area contributed by atoms with Gasteiger partial charge in [0.25, 0.3) is 0 Å². The lowest BCUT2D eigenvalue weighted by Crippen LogP contribution is -1.94. The molecule has 0 spiro atoms. The van der Waals surface area contributed by atoms with Crippen molar-refractivity contribution in [2.75, 3.05) is 11.5 Å². The highest BCUT2D eigenvalue weighted by atomic mass is 32.2. The van der Waals surface area contributed by atoms with Crippen molar-refractivity contribution in [1.82, 2.24) is 0 Å². The van der Waals surface area contributed by atoms with Crippen molar-refractivity contribution in [3.8, 4) is 0 Å². The van der Waals surface area contributed by atoms with E-state index in [0.717, 1.165) is 24.3 Å². The topological polar surface area (TPSA) is 0 Å². The van der Waals surface area contributed by atoms with Crippen LogP contribution in [0.1, 0.15) is 22.3 Å². The molecule has 0 aromatic heterocycles. The van der Waals surface area contributed by atoms with Gasteiger partial charge in [0, 0.05) is 21.3 Å². The van der Waals surface area contributed by atoms with Gasteiger partial charge in [-0.3, -0.25) is 0 Å². The monoisotopic (exact) mass is 502 g/mol. The molecule has 6 rings (SSSR count). The van der Waals surface area contributed by atoms with Crippen molar-refractivity contribution in [2.24, 2.45) is 0 Å². The van der Waals surface area contributed by atoms with Gasteiger partial charge in [-0.05, 0) is 93.4 Å². The minimum atomic E-state index is 1.09. The van der Waals surface area contributed by atoms with Crippen molar-refractivity contribution < 1.29 is 0 Å². The lowest BCUT2D eigenvalue weighted by Gasteiger charge is -2.19. The average Bonchev–Trinajstić information content (AvgIpc) is 2.91. The Morgan fingerprint density at radius 3 is 1.28 bits per heavy atom. The van der Waals surface area contributed by atoms with Gasteiger partial charge in [0.2, 0.25) is 0 Å². The maximum Gasteiger partial charge on any atom is 0.0154 e. The van der Waals surface area contributed by atoms with Crippen LogP contribution in [0.2, 0.25) is 0 Å². The Morgan fingerprint density at radius 1 is 0.472 bits per heavy atom. The Bertz CT molecular complexity index is 1510. The summed E-state index contributed by atoms with van der Waals surface area (Å²) in [6, 6.07) is 35.9. The molecular weight excluding hydrogens is 473 g/mol. The molecule has 0 atom stereocenters. The summed E-state index contributed by atoms with van der Waals surface area (Å²) in [4.78, 5) is 2.82. The largest absolute Gasteiger partial charge is 0.125 e. The van der Waals surface area contributed by atoms with Crippen LogP contribution >= 0.6 is 23.5 Å². The molecule has 0 saturated carbocycles. The van der Waals surface area contributed by atoms with Gasteiger partial charge in [0.05, 0.1) is 0 Å². The fourth-order valence-corrected chi connectivity index (χ4v) is 7.64. The molecule has 2 heteroatoms. The van der Waals surface area contributed by atoms with Gasteiger partial charge in [-0.25, -0.2) is 0 Å². The third kappa shape index (κ3) is 4.49.